The number of fused-ring (bicyclic) bond motifs is 1. The summed E-state index contributed by atoms with van der Waals surface area (Å²) in [6.07, 6.45) is 2.16. The number of para-hydroxylation sites is 1. The number of anilines is 1. The van der Waals surface area contributed by atoms with E-state index in [2.05, 4.69) is 11.1 Å². The smallest absolute Gasteiger partial charge is 0.131 e. The van der Waals surface area contributed by atoms with E-state index in [-0.39, 0.29) is 0 Å². The molecule has 17 heavy (non-hydrogen) atoms. The summed E-state index contributed by atoms with van der Waals surface area (Å²) in [4.78, 5) is 4.35. The number of ether oxygens (including phenoxy) is 1. The monoisotopic (exact) mass is 226 g/mol. The fourth-order valence-electron chi connectivity index (χ4n) is 2.19. The molecule has 0 radical (unpaired) electrons. The molecule has 2 heterocycles. The van der Waals surface area contributed by atoms with Crippen LogP contribution in [-0.2, 0) is 6.42 Å². The maximum atomic E-state index is 5.77. The Labute approximate surface area is 100 Å². The average Bonchev–Trinajstić information content (AvgIpc) is 2.38. The number of rotatable bonds is 1. The van der Waals surface area contributed by atoms with Gasteiger partial charge in [-0.05, 0) is 36.6 Å². The van der Waals surface area contributed by atoms with E-state index < -0.39 is 0 Å². The molecule has 86 valence electrons. The first kappa shape index (κ1) is 10.1. The molecule has 0 atom stereocenters. The molecule has 3 nitrogen and oxygen atoms in total. The highest BCUT2D eigenvalue weighted by molar-refractivity contribution is 5.70. The van der Waals surface area contributed by atoms with Gasteiger partial charge in [0.1, 0.15) is 11.6 Å². The summed E-state index contributed by atoms with van der Waals surface area (Å²) in [5.74, 6) is 1.51. The lowest BCUT2D eigenvalue weighted by molar-refractivity contribution is 0.289. The van der Waals surface area contributed by atoms with E-state index in [9.17, 15) is 0 Å². The summed E-state index contributed by atoms with van der Waals surface area (Å²) in [6, 6.07) is 11.9. The van der Waals surface area contributed by atoms with Crippen molar-refractivity contribution in [3.8, 4) is 17.0 Å². The van der Waals surface area contributed by atoms with Crippen LogP contribution in [0.3, 0.4) is 0 Å². The minimum Gasteiger partial charge on any atom is -0.493 e. The first-order chi connectivity index (χ1) is 8.34. The van der Waals surface area contributed by atoms with Crippen LogP contribution in [0.4, 0.5) is 5.82 Å². The van der Waals surface area contributed by atoms with Gasteiger partial charge in [0, 0.05) is 5.56 Å². The van der Waals surface area contributed by atoms with E-state index >= 15 is 0 Å². The van der Waals surface area contributed by atoms with Gasteiger partial charge in [-0.1, -0.05) is 18.2 Å². The van der Waals surface area contributed by atoms with Crippen molar-refractivity contribution in [3.63, 3.8) is 0 Å². The molecule has 0 fully saturated rings. The lowest BCUT2D eigenvalue weighted by atomic mass is 10.0. The molecule has 0 aliphatic carbocycles. The minimum atomic E-state index is 0.538. The predicted molar refractivity (Wildman–Crippen MR) is 67.9 cm³/mol. The number of hydrogen-bond acceptors (Lipinski definition) is 3. The number of hydrogen-bond donors (Lipinski definition) is 1. The number of aromatic nitrogens is 1. The van der Waals surface area contributed by atoms with Gasteiger partial charge in [-0.15, -0.1) is 0 Å². The highest BCUT2D eigenvalue weighted by Crippen LogP contribution is 2.35. The minimum absolute atomic E-state index is 0.538. The van der Waals surface area contributed by atoms with Crippen molar-refractivity contribution in [1.82, 2.24) is 4.98 Å². The second-order valence-corrected chi connectivity index (χ2v) is 4.19. The number of aryl methyl sites for hydroxylation is 1. The molecule has 3 heteroatoms. The Morgan fingerprint density at radius 1 is 1.12 bits per heavy atom. The number of nitrogens with two attached hydrogens (primary N) is 1. The molecule has 1 aliphatic heterocycles. The van der Waals surface area contributed by atoms with Gasteiger partial charge in [0.05, 0.1) is 12.3 Å². The van der Waals surface area contributed by atoms with E-state index in [1.807, 2.05) is 24.3 Å². The molecule has 0 unspecified atom stereocenters. The zero-order valence-corrected chi connectivity index (χ0v) is 9.52. The van der Waals surface area contributed by atoms with Gasteiger partial charge in [-0.25, -0.2) is 4.98 Å². The molecular formula is C14H14N2O. The summed E-state index contributed by atoms with van der Waals surface area (Å²) < 4.78 is 5.77. The van der Waals surface area contributed by atoms with Crippen LogP contribution in [0.15, 0.2) is 36.4 Å². The highest BCUT2D eigenvalue weighted by Gasteiger charge is 2.15. The summed E-state index contributed by atoms with van der Waals surface area (Å²) in [7, 11) is 0. The number of nitrogen functional groups attached to an aromatic ring is 1. The molecule has 0 spiro atoms. The summed E-state index contributed by atoms with van der Waals surface area (Å²) in [5.41, 5.74) is 8.90. The van der Waals surface area contributed by atoms with Gasteiger partial charge in [0.15, 0.2) is 0 Å². The van der Waals surface area contributed by atoms with Crippen LogP contribution >= 0.6 is 0 Å². The Morgan fingerprint density at radius 2 is 2.00 bits per heavy atom. The predicted octanol–water partition coefficient (Wildman–Crippen LogP) is 2.66. The summed E-state index contributed by atoms with van der Waals surface area (Å²) in [5, 5.41) is 0. The van der Waals surface area contributed by atoms with Crippen LogP contribution in [0.5, 0.6) is 5.75 Å². The van der Waals surface area contributed by atoms with Crippen molar-refractivity contribution < 1.29 is 4.74 Å². The van der Waals surface area contributed by atoms with E-state index in [4.69, 9.17) is 10.5 Å². The third-order valence-corrected chi connectivity index (χ3v) is 2.98. The van der Waals surface area contributed by atoms with Gasteiger partial charge in [-0.2, -0.15) is 0 Å². The SMILES string of the molecule is Nc1cccc(-c2cccc3c2OCCC3)n1. The lowest BCUT2D eigenvalue weighted by Gasteiger charge is -2.20. The maximum absolute atomic E-state index is 5.77. The van der Waals surface area contributed by atoms with Crippen LogP contribution in [0, 0.1) is 0 Å². The van der Waals surface area contributed by atoms with E-state index in [1.165, 1.54) is 5.56 Å². The molecule has 1 aromatic heterocycles. The van der Waals surface area contributed by atoms with Gasteiger partial charge in [0.2, 0.25) is 0 Å². The second kappa shape index (κ2) is 4.09. The Bertz CT molecular complexity index is 552. The highest BCUT2D eigenvalue weighted by atomic mass is 16.5. The molecule has 2 aromatic rings. The van der Waals surface area contributed by atoms with Crippen molar-refractivity contribution in [1.29, 1.82) is 0 Å². The van der Waals surface area contributed by atoms with Gasteiger partial charge in [0.25, 0.3) is 0 Å². The molecule has 0 saturated carbocycles. The first-order valence-electron chi connectivity index (χ1n) is 5.82. The molecule has 0 saturated heterocycles. The van der Waals surface area contributed by atoms with Crippen LogP contribution in [-0.4, -0.2) is 11.6 Å². The normalized spacial score (nSPS) is 13.9. The van der Waals surface area contributed by atoms with Crippen LogP contribution in [0.1, 0.15) is 12.0 Å². The molecule has 0 amide bonds. The third kappa shape index (κ3) is 1.84. The molecule has 2 N–H and O–H groups in total. The van der Waals surface area contributed by atoms with Gasteiger partial charge in [-0.3, -0.25) is 0 Å². The number of pyridine rings is 1. The summed E-state index contributed by atoms with van der Waals surface area (Å²) in [6.45, 7) is 0.784. The first-order valence-corrected chi connectivity index (χ1v) is 5.82. The van der Waals surface area contributed by atoms with Crippen molar-refractivity contribution in [3.05, 3.63) is 42.0 Å². The molecule has 1 aromatic carbocycles. The fraction of sp³-hybridized carbons (Fsp3) is 0.214. The Morgan fingerprint density at radius 3 is 2.88 bits per heavy atom. The van der Waals surface area contributed by atoms with Crippen molar-refractivity contribution in [2.75, 3.05) is 12.3 Å². The Kier molecular flexibility index (Phi) is 2.44. The topological polar surface area (TPSA) is 48.1 Å². The molecule has 0 bridgehead atoms. The Balaban J connectivity index is 2.14. The average molecular weight is 226 g/mol. The zero-order valence-electron chi connectivity index (χ0n) is 9.52. The molecular weight excluding hydrogens is 212 g/mol. The zero-order chi connectivity index (χ0) is 11.7. The Hall–Kier alpha value is -2.03. The third-order valence-electron chi connectivity index (χ3n) is 2.98. The van der Waals surface area contributed by atoms with Crippen LogP contribution in [0.25, 0.3) is 11.3 Å². The maximum Gasteiger partial charge on any atom is 0.131 e. The largest absolute Gasteiger partial charge is 0.493 e. The number of nitrogens with zero attached hydrogens (tertiary/aromatic N) is 1. The summed E-state index contributed by atoms with van der Waals surface area (Å²) >= 11 is 0. The standard InChI is InChI=1S/C14H14N2O/c15-13-8-2-7-12(16-13)11-6-1-4-10-5-3-9-17-14(10)11/h1-2,4,6-8H,3,5,9H2,(H2,15,16). The van der Waals surface area contributed by atoms with E-state index in [0.717, 1.165) is 36.5 Å². The lowest BCUT2D eigenvalue weighted by Crippen LogP contribution is -2.09. The fourth-order valence-corrected chi connectivity index (χ4v) is 2.19. The van der Waals surface area contributed by atoms with Gasteiger partial charge >= 0.3 is 0 Å². The van der Waals surface area contributed by atoms with Crippen molar-refractivity contribution >= 4 is 5.82 Å². The molecule has 3 rings (SSSR count). The quantitative estimate of drug-likeness (QED) is 0.813. The van der Waals surface area contributed by atoms with Crippen LogP contribution < -0.4 is 10.5 Å². The van der Waals surface area contributed by atoms with Crippen molar-refractivity contribution in [2.24, 2.45) is 0 Å². The van der Waals surface area contributed by atoms with Crippen LogP contribution in [0.2, 0.25) is 0 Å². The van der Waals surface area contributed by atoms with E-state index in [0.29, 0.717) is 5.82 Å². The number of benzene rings is 1. The van der Waals surface area contributed by atoms with Gasteiger partial charge < -0.3 is 10.5 Å². The second-order valence-electron chi connectivity index (χ2n) is 4.19. The molecule has 1 aliphatic rings. The van der Waals surface area contributed by atoms with Crippen molar-refractivity contribution in [2.45, 2.75) is 12.8 Å². The van der Waals surface area contributed by atoms with E-state index in [1.54, 1.807) is 6.07 Å².